The number of rotatable bonds is 5. The molecule has 1 amide bonds. The molecule has 1 aromatic heterocycles. The zero-order valence-electron chi connectivity index (χ0n) is 14.2. The minimum absolute atomic E-state index is 0.0808. The first-order chi connectivity index (χ1) is 11.6. The van der Waals surface area contributed by atoms with Crippen LogP contribution in [0.15, 0.2) is 30.6 Å². The van der Waals surface area contributed by atoms with Gasteiger partial charge in [0.2, 0.25) is 0 Å². The number of tetrazole rings is 1. The number of benzene rings is 1. The number of para-hydroxylation sites is 1. The first-order valence-electron chi connectivity index (χ1n) is 8.50. The van der Waals surface area contributed by atoms with Gasteiger partial charge in [0.1, 0.15) is 6.33 Å². The minimum atomic E-state index is -0.0808. The Morgan fingerprint density at radius 1 is 1.38 bits per heavy atom. The van der Waals surface area contributed by atoms with Gasteiger partial charge in [-0.2, -0.15) is 4.68 Å². The molecule has 128 valence electrons. The normalized spacial score (nSPS) is 18.7. The van der Waals surface area contributed by atoms with E-state index in [0.717, 1.165) is 19.5 Å². The Labute approximate surface area is 142 Å². The Morgan fingerprint density at radius 3 is 2.96 bits per heavy atom. The molecular formula is C17H24N6O. The maximum atomic E-state index is 12.6. The number of nitrogens with zero attached hydrogens (tertiary/aromatic N) is 5. The van der Waals surface area contributed by atoms with E-state index in [1.807, 2.05) is 18.2 Å². The average Bonchev–Trinajstić information content (AvgIpc) is 3.14. The van der Waals surface area contributed by atoms with E-state index in [2.05, 4.69) is 39.6 Å². The van der Waals surface area contributed by atoms with Crippen LogP contribution < -0.4 is 5.32 Å². The molecule has 1 aliphatic rings. The van der Waals surface area contributed by atoms with Crippen molar-refractivity contribution in [3.63, 3.8) is 0 Å². The van der Waals surface area contributed by atoms with Gasteiger partial charge in [-0.25, -0.2) is 0 Å². The lowest BCUT2D eigenvalue weighted by Crippen LogP contribution is -2.43. The molecule has 1 N–H and O–H groups in total. The lowest BCUT2D eigenvalue weighted by atomic mass is 9.97. The summed E-state index contributed by atoms with van der Waals surface area (Å²) in [5, 5.41) is 14.2. The van der Waals surface area contributed by atoms with Gasteiger partial charge in [-0.05, 0) is 61.7 Å². The molecule has 0 saturated carbocycles. The van der Waals surface area contributed by atoms with Gasteiger partial charge in [-0.1, -0.05) is 12.1 Å². The fourth-order valence-electron chi connectivity index (χ4n) is 3.20. The molecule has 24 heavy (non-hydrogen) atoms. The smallest absolute Gasteiger partial charge is 0.253 e. The van der Waals surface area contributed by atoms with Gasteiger partial charge in [0.15, 0.2) is 0 Å². The molecular weight excluding hydrogens is 304 g/mol. The van der Waals surface area contributed by atoms with Crippen LogP contribution in [0.5, 0.6) is 0 Å². The minimum Gasteiger partial charge on any atom is -0.352 e. The molecule has 2 aromatic rings. The number of hydrogen-bond donors (Lipinski definition) is 1. The molecule has 7 nitrogen and oxygen atoms in total. The fraction of sp³-hybridized carbons (Fsp3) is 0.529. The van der Waals surface area contributed by atoms with Gasteiger partial charge in [-0.15, -0.1) is 5.10 Å². The van der Waals surface area contributed by atoms with Crippen LogP contribution in [0.1, 0.15) is 37.0 Å². The highest BCUT2D eigenvalue weighted by Gasteiger charge is 2.22. The second-order valence-corrected chi connectivity index (χ2v) is 6.58. The van der Waals surface area contributed by atoms with E-state index in [9.17, 15) is 4.79 Å². The van der Waals surface area contributed by atoms with Crippen molar-refractivity contribution < 1.29 is 4.79 Å². The van der Waals surface area contributed by atoms with Crippen molar-refractivity contribution in [2.24, 2.45) is 5.92 Å². The SMILES string of the molecule is CC(C)N1CCC[C@@H](CNC(=O)c2ccccc2-n2cnnn2)C1. The van der Waals surface area contributed by atoms with E-state index in [0.29, 0.717) is 29.8 Å². The molecule has 0 unspecified atom stereocenters. The van der Waals surface area contributed by atoms with Crippen molar-refractivity contribution in [2.45, 2.75) is 32.7 Å². The topological polar surface area (TPSA) is 75.9 Å². The summed E-state index contributed by atoms with van der Waals surface area (Å²) in [7, 11) is 0. The zero-order chi connectivity index (χ0) is 16.9. The molecule has 1 aliphatic heterocycles. The standard InChI is InChI=1S/C17H24N6O/c1-13(2)22-9-5-6-14(11-22)10-18-17(24)15-7-3-4-8-16(15)23-12-19-20-21-23/h3-4,7-8,12-14H,5-6,9-11H2,1-2H3,(H,18,24)/t14-/m0/s1. The lowest BCUT2D eigenvalue weighted by Gasteiger charge is -2.35. The Hall–Kier alpha value is -2.28. The number of hydrogen-bond acceptors (Lipinski definition) is 5. The molecule has 1 fully saturated rings. The maximum absolute atomic E-state index is 12.6. The summed E-state index contributed by atoms with van der Waals surface area (Å²) < 4.78 is 1.51. The molecule has 0 radical (unpaired) electrons. The van der Waals surface area contributed by atoms with Crippen molar-refractivity contribution in [1.29, 1.82) is 0 Å². The van der Waals surface area contributed by atoms with Gasteiger partial charge in [-0.3, -0.25) is 4.79 Å². The van der Waals surface area contributed by atoms with E-state index >= 15 is 0 Å². The van der Waals surface area contributed by atoms with Crippen LogP contribution in [0.4, 0.5) is 0 Å². The summed E-state index contributed by atoms with van der Waals surface area (Å²) in [4.78, 5) is 15.1. The van der Waals surface area contributed by atoms with Gasteiger partial charge >= 0.3 is 0 Å². The predicted molar refractivity (Wildman–Crippen MR) is 90.9 cm³/mol. The molecule has 0 aliphatic carbocycles. The molecule has 1 aromatic carbocycles. The van der Waals surface area contributed by atoms with Crippen molar-refractivity contribution in [3.05, 3.63) is 36.2 Å². The number of piperidine rings is 1. The Balaban J connectivity index is 1.64. The first-order valence-corrected chi connectivity index (χ1v) is 8.50. The maximum Gasteiger partial charge on any atom is 0.253 e. The highest BCUT2D eigenvalue weighted by Crippen LogP contribution is 2.18. The predicted octanol–water partition coefficient (Wildman–Crippen LogP) is 1.51. The first kappa shape index (κ1) is 16.6. The molecule has 3 rings (SSSR count). The number of carbonyl (C=O) groups is 1. The quantitative estimate of drug-likeness (QED) is 0.900. The zero-order valence-corrected chi connectivity index (χ0v) is 14.2. The number of aromatic nitrogens is 4. The summed E-state index contributed by atoms with van der Waals surface area (Å²) in [5.41, 5.74) is 1.27. The van der Waals surface area contributed by atoms with Crippen LogP contribution in [0.25, 0.3) is 5.69 Å². The fourth-order valence-corrected chi connectivity index (χ4v) is 3.20. The van der Waals surface area contributed by atoms with Crippen LogP contribution in [-0.2, 0) is 0 Å². The molecule has 2 heterocycles. The van der Waals surface area contributed by atoms with Crippen molar-refractivity contribution >= 4 is 5.91 Å². The summed E-state index contributed by atoms with van der Waals surface area (Å²) in [5.74, 6) is 0.424. The van der Waals surface area contributed by atoms with Crippen LogP contribution in [0.3, 0.4) is 0 Å². The third kappa shape index (κ3) is 3.79. The summed E-state index contributed by atoms with van der Waals surface area (Å²) in [6, 6.07) is 7.92. The molecule has 1 atom stereocenters. The van der Waals surface area contributed by atoms with Crippen LogP contribution in [-0.4, -0.2) is 56.7 Å². The highest BCUT2D eigenvalue weighted by atomic mass is 16.1. The molecule has 7 heteroatoms. The third-order valence-electron chi connectivity index (χ3n) is 4.58. The van der Waals surface area contributed by atoms with Crippen molar-refractivity contribution in [1.82, 2.24) is 30.4 Å². The number of carbonyl (C=O) groups excluding carboxylic acids is 1. The average molecular weight is 328 g/mol. The molecule has 0 spiro atoms. The molecule has 1 saturated heterocycles. The van der Waals surface area contributed by atoms with Gasteiger partial charge < -0.3 is 10.2 Å². The largest absolute Gasteiger partial charge is 0.352 e. The lowest BCUT2D eigenvalue weighted by molar-refractivity contribution is 0.0922. The van der Waals surface area contributed by atoms with E-state index in [-0.39, 0.29) is 5.91 Å². The van der Waals surface area contributed by atoms with E-state index < -0.39 is 0 Å². The van der Waals surface area contributed by atoms with Crippen LogP contribution in [0, 0.1) is 5.92 Å². The Morgan fingerprint density at radius 2 is 2.21 bits per heavy atom. The summed E-state index contributed by atoms with van der Waals surface area (Å²) in [6.07, 6.45) is 3.85. The van der Waals surface area contributed by atoms with E-state index in [4.69, 9.17) is 0 Å². The number of amides is 1. The third-order valence-corrected chi connectivity index (χ3v) is 4.58. The van der Waals surface area contributed by atoms with Gasteiger partial charge in [0.25, 0.3) is 5.91 Å². The number of likely N-dealkylation sites (tertiary alicyclic amines) is 1. The highest BCUT2D eigenvalue weighted by molar-refractivity contribution is 5.97. The second-order valence-electron chi connectivity index (χ2n) is 6.58. The van der Waals surface area contributed by atoms with Crippen LogP contribution in [0.2, 0.25) is 0 Å². The second kappa shape index (κ2) is 7.53. The van der Waals surface area contributed by atoms with Crippen LogP contribution >= 0.6 is 0 Å². The van der Waals surface area contributed by atoms with Crippen molar-refractivity contribution in [3.8, 4) is 5.69 Å². The van der Waals surface area contributed by atoms with E-state index in [1.165, 1.54) is 17.4 Å². The van der Waals surface area contributed by atoms with Crippen molar-refractivity contribution in [2.75, 3.05) is 19.6 Å². The van der Waals surface area contributed by atoms with Gasteiger partial charge in [0.05, 0.1) is 11.3 Å². The Kier molecular flexibility index (Phi) is 5.20. The number of nitrogens with one attached hydrogen (secondary N) is 1. The molecule has 0 bridgehead atoms. The summed E-state index contributed by atoms with van der Waals surface area (Å²) in [6.45, 7) is 7.36. The van der Waals surface area contributed by atoms with Gasteiger partial charge in [0, 0.05) is 19.1 Å². The summed E-state index contributed by atoms with van der Waals surface area (Å²) >= 11 is 0. The monoisotopic (exact) mass is 328 g/mol. The Bertz CT molecular complexity index is 669. The van der Waals surface area contributed by atoms with E-state index in [1.54, 1.807) is 6.07 Å².